The second-order valence-corrected chi connectivity index (χ2v) is 7.33. The summed E-state index contributed by atoms with van der Waals surface area (Å²) in [7, 11) is 5.48. The predicted octanol–water partition coefficient (Wildman–Crippen LogP) is 2.20. The van der Waals surface area contributed by atoms with Gasteiger partial charge in [-0.25, -0.2) is 0 Å². The first-order valence-corrected chi connectivity index (χ1v) is 9.26. The van der Waals surface area contributed by atoms with Gasteiger partial charge in [0.1, 0.15) is 5.75 Å². The van der Waals surface area contributed by atoms with E-state index in [1.807, 2.05) is 19.2 Å². The van der Waals surface area contributed by atoms with Crippen LogP contribution in [0.15, 0.2) is 24.3 Å². The number of methoxy groups -OCH3 is 2. The van der Waals surface area contributed by atoms with Gasteiger partial charge in [-0.1, -0.05) is 18.2 Å². The third-order valence-electron chi connectivity index (χ3n) is 5.76. The van der Waals surface area contributed by atoms with Gasteiger partial charge in [0.25, 0.3) is 0 Å². The highest BCUT2D eigenvalue weighted by Gasteiger charge is 2.37. The van der Waals surface area contributed by atoms with Crippen molar-refractivity contribution in [1.29, 1.82) is 0 Å². The molecule has 0 N–H and O–H groups in total. The zero-order valence-corrected chi connectivity index (χ0v) is 15.6. The van der Waals surface area contributed by atoms with E-state index < -0.39 is 0 Å². The molecule has 2 heterocycles. The molecule has 0 saturated carbocycles. The normalized spacial score (nSPS) is 25.3. The Bertz CT molecular complexity index is 584. The number of carbonyl (C=O) groups is 1. The first-order valence-electron chi connectivity index (χ1n) is 9.26. The highest BCUT2D eigenvalue weighted by atomic mass is 16.5. The summed E-state index contributed by atoms with van der Waals surface area (Å²) in [5, 5.41) is 0. The molecule has 2 saturated heterocycles. The molecule has 0 spiro atoms. The summed E-state index contributed by atoms with van der Waals surface area (Å²) in [4.78, 5) is 17.0. The van der Waals surface area contributed by atoms with Gasteiger partial charge in [0.15, 0.2) is 0 Å². The quantitative estimate of drug-likeness (QED) is 0.820. The van der Waals surface area contributed by atoms with Gasteiger partial charge in [-0.05, 0) is 50.3 Å². The van der Waals surface area contributed by atoms with Gasteiger partial charge in [0.2, 0.25) is 5.91 Å². The Hall–Kier alpha value is -1.59. The molecule has 0 aromatic heterocycles. The summed E-state index contributed by atoms with van der Waals surface area (Å²) >= 11 is 0. The summed E-state index contributed by atoms with van der Waals surface area (Å²) in [5.41, 5.74) is 1.27. The summed E-state index contributed by atoms with van der Waals surface area (Å²) in [6, 6.07) is 8.23. The molecule has 2 atom stereocenters. The van der Waals surface area contributed by atoms with Crippen LogP contribution in [0.5, 0.6) is 5.75 Å². The van der Waals surface area contributed by atoms with E-state index in [0.29, 0.717) is 5.92 Å². The van der Waals surface area contributed by atoms with Crippen molar-refractivity contribution in [1.82, 2.24) is 9.80 Å². The van der Waals surface area contributed by atoms with Crippen molar-refractivity contribution in [3.05, 3.63) is 29.8 Å². The number of hydrogen-bond acceptors (Lipinski definition) is 4. The summed E-state index contributed by atoms with van der Waals surface area (Å²) in [6.07, 6.45) is 4.15. The SMILES string of the molecule is COc1ccccc1CC1CCN(C(=O)[C@@H]2C[C@H](OC)CN2C)CC1. The fourth-order valence-electron chi connectivity index (χ4n) is 4.16. The first-order chi connectivity index (χ1) is 12.1. The number of para-hydroxylation sites is 1. The molecule has 2 aliphatic rings. The zero-order chi connectivity index (χ0) is 17.8. The lowest BCUT2D eigenvalue weighted by Crippen LogP contribution is -2.47. The second kappa shape index (κ2) is 8.19. The molecule has 0 unspecified atom stereocenters. The molecule has 5 heteroatoms. The van der Waals surface area contributed by atoms with E-state index in [9.17, 15) is 4.79 Å². The van der Waals surface area contributed by atoms with Crippen molar-refractivity contribution in [3.63, 3.8) is 0 Å². The molecule has 0 radical (unpaired) electrons. The Morgan fingerprint density at radius 2 is 1.92 bits per heavy atom. The molecule has 0 aliphatic carbocycles. The summed E-state index contributed by atoms with van der Waals surface area (Å²) < 4.78 is 10.9. The molecular formula is C20H30N2O3. The van der Waals surface area contributed by atoms with Crippen molar-refractivity contribution in [2.75, 3.05) is 40.9 Å². The van der Waals surface area contributed by atoms with Crippen LogP contribution in [0.3, 0.4) is 0 Å². The maximum absolute atomic E-state index is 12.8. The second-order valence-electron chi connectivity index (χ2n) is 7.33. The lowest BCUT2D eigenvalue weighted by Gasteiger charge is -2.35. The molecule has 2 fully saturated rings. The minimum absolute atomic E-state index is 0.0179. The molecule has 0 bridgehead atoms. The fourth-order valence-corrected chi connectivity index (χ4v) is 4.16. The predicted molar refractivity (Wildman–Crippen MR) is 97.8 cm³/mol. The number of nitrogens with zero attached hydrogens (tertiary/aromatic N) is 2. The zero-order valence-electron chi connectivity index (χ0n) is 15.6. The first kappa shape index (κ1) is 18.2. The van der Waals surface area contributed by atoms with Crippen LogP contribution in [-0.4, -0.2) is 68.8 Å². The molecule has 5 nitrogen and oxygen atoms in total. The number of carbonyl (C=O) groups excluding carboxylic acids is 1. The number of hydrogen-bond donors (Lipinski definition) is 0. The largest absolute Gasteiger partial charge is 0.496 e. The van der Waals surface area contributed by atoms with Gasteiger partial charge in [-0.15, -0.1) is 0 Å². The maximum Gasteiger partial charge on any atom is 0.240 e. The lowest BCUT2D eigenvalue weighted by molar-refractivity contribution is -0.137. The topological polar surface area (TPSA) is 42.0 Å². The van der Waals surface area contributed by atoms with Gasteiger partial charge < -0.3 is 14.4 Å². The van der Waals surface area contributed by atoms with E-state index in [0.717, 1.165) is 51.1 Å². The monoisotopic (exact) mass is 346 g/mol. The third kappa shape index (κ3) is 4.15. The van der Waals surface area contributed by atoms with Gasteiger partial charge in [0.05, 0.1) is 19.3 Å². The van der Waals surface area contributed by atoms with Crippen molar-refractivity contribution in [2.45, 2.75) is 37.8 Å². The molecule has 1 aromatic carbocycles. The summed E-state index contributed by atoms with van der Waals surface area (Å²) in [5.74, 6) is 1.87. The van der Waals surface area contributed by atoms with Crippen LogP contribution in [0.4, 0.5) is 0 Å². The van der Waals surface area contributed by atoms with Gasteiger partial charge in [0, 0.05) is 26.7 Å². The van der Waals surface area contributed by atoms with E-state index in [-0.39, 0.29) is 18.1 Å². The van der Waals surface area contributed by atoms with Crippen molar-refractivity contribution in [2.24, 2.45) is 5.92 Å². The Morgan fingerprint density at radius 1 is 1.20 bits per heavy atom. The standard InChI is InChI=1S/C20H30N2O3/c1-21-14-17(24-2)13-18(21)20(23)22-10-8-15(9-11-22)12-16-6-4-5-7-19(16)25-3/h4-7,15,17-18H,8-14H2,1-3H3/t17-,18-/m0/s1. The molecule has 1 amide bonds. The maximum atomic E-state index is 12.8. The van der Waals surface area contributed by atoms with Gasteiger partial charge in [-0.3, -0.25) is 9.69 Å². The van der Waals surface area contributed by atoms with Crippen molar-refractivity contribution in [3.8, 4) is 5.75 Å². The Kier molecular flexibility index (Phi) is 5.97. The van der Waals surface area contributed by atoms with Gasteiger partial charge in [-0.2, -0.15) is 0 Å². The van der Waals surface area contributed by atoms with Crippen LogP contribution in [-0.2, 0) is 16.0 Å². The summed E-state index contributed by atoms with van der Waals surface area (Å²) in [6.45, 7) is 2.57. The average molecular weight is 346 g/mol. The van der Waals surface area contributed by atoms with E-state index in [1.54, 1.807) is 14.2 Å². The van der Waals surface area contributed by atoms with Crippen LogP contribution < -0.4 is 4.74 Å². The van der Waals surface area contributed by atoms with Gasteiger partial charge >= 0.3 is 0 Å². The fraction of sp³-hybridized carbons (Fsp3) is 0.650. The molecule has 2 aliphatic heterocycles. The van der Waals surface area contributed by atoms with Crippen LogP contribution in [0.1, 0.15) is 24.8 Å². The van der Waals surface area contributed by atoms with Crippen molar-refractivity contribution < 1.29 is 14.3 Å². The van der Waals surface area contributed by atoms with Crippen LogP contribution in [0, 0.1) is 5.92 Å². The number of amides is 1. The minimum Gasteiger partial charge on any atom is -0.496 e. The molecule has 1 aromatic rings. The third-order valence-corrected chi connectivity index (χ3v) is 5.76. The van der Waals surface area contributed by atoms with Crippen molar-refractivity contribution >= 4 is 5.91 Å². The number of ether oxygens (including phenoxy) is 2. The van der Waals surface area contributed by atoms with E-state index in [1.165, 1.54) is 5.56 Å². The number of piperidine rings is 1. The lowest BCUT2D eigenvalue weighted by atomic mass is 9.89. The minimum atomic E-state index is -0.0179. The highest BCUT2D eigenvalue weighted by Crippen LogP contribution is 2.28. The molecule has 25 heavy (non-hydrogen) atoms. The smallest absolute Gasteiger partial charge is 0.240 e. The Labute approximate surface area is 150 Å². The number of rotatable bonds is 5. The number of likely N-dealkylation sites (N-methyl/N-ethyl adjacent to an activating group) is 1. The van der Waals surface area contributed by atoms with E-state index >= 15 is 0 Å². The van der Waals surface area contributed by atoms with Crippen LogP contribution >= 0.6 is 0 Å². The highest BCUT2D eigenvalue weighted by molar-refractivity contribution is 5.82. The Morgan fingerprint density at radius 3 is 2.56 bits per heavy atom. The number of likely N-dealkylation sites (tertiary alicyclic amines) is 2. The van der Waals surface area contributed by atoms with Crippen LogP contribution in [0.25, 0.3) is 0 Å². The molecule has 3 rings (SSSR count). The van der Waals surface area contributed by atoms with E-state index in [2.05, 4.69) is 21.9 Å². The Balaban J connectivity index is 1.52. The molecular weight excluding hydrogens is 316 g/mol. The number of benzene rings is 1. The van der Waals surface area contributed by atoms with Crippen LogP contribution in [0.2, 0.25) is 0 Å². The molecule has 138 valence electrons. The van der Waals surface area contributed by atoms with E-state index in [4.69, 9.17) is 9.47 Å². The average Bonchev–Trinajstić information content (AvgIpc) is 3.03.